The Kier molecular flexibility index (Phi) is 4.14. The van der Waals surface area contributed by atoms with Crippen LogP contribution in [-0.2, 0) is 4.79 Å². The molecular formula is C14H21N3O2. The Morgan fingerprint density at radius 1 is 1.42 bits per heavy atom. The zero-order chi connectivity index (χ0) is 13.8. The summed E-state index contributed by atoms with van der Waals surface area (Å²) in [7, 11) is 3.29. The quantitative estimate of drug-likeness (QED) is 0.809. The molecule has 1 atom stereocenters. The molecule has 0 spiro atoms. The van der Waals surface area contributed by atoms with E-state index in [1.54, 1.807) is 20.2 Å². The summed E-state index contributed by atoms with van der Waals surface area (Å²) >= 11 is 0. The largest absolute Gasteiger partial charge is 0.497 e. The molecule has 2 rings (SSSR count). The molecule has 1 aromatic carbocycles. The molecule has 5 nitrogen and oxygen atoms in total. The SMILES string of the molecule is CNC(=O)C1CCCCN1c1cc(N)cc(OC)c1. The second kappa shape index (κ2) is 5.82. The van der Waals surface area contributed by atoms with E-state index in [0.717, 1.165) is 37.2 Å². The first-order valence-electron chi connectivity index (χ1n) is 6.58. The van der Waals surface area contributed by atoms with Gasteiger partial charge in [-0.05, 0) is 25.3 Å². The maximum absolute atomic E-state index is 12.0. The number of carbonyl (C=O) groups is 1. The van der Waals surface area contributed by atoms with Crippen molar-refractivity contribution in [3.63, 3.8) is 0 Å². The number of nitrogen functional groups attached to an aromatic ring is 1. The summed E-state index contributed by atoms with van der Waals surface area (Å²) in [5, 5.41) is 2.73. The average Bonchev–Trinajstić information content (AvgIpc) is 2.45. The minimum Gasteiger partial charge on any atom is -0.497 e. The van der Waals surface area contributed by atoms with E-state index >= 15 is 0 Å². The van der Waals surface area contributed by atoms with E-state index in [-0.39, 0.29) is 11.9 Å². The topological polar surface area (TPSA) is 67.6 Å². The van der Waals surface area contributed by atoms with E-state index in [2.05, 4.69) is 10.2 Å². The van der Waals surface area contributed by atoms with Gasteiger partial charge in [-0.2, -0.15) is 0 Å². The Hall–Kier alpha value is -1.91. The molecule has 0 aromatic heterocycles. The van der Waals surface area contributed by atoms with Crippen molar-refractivity contribution >= 4 is 17.3 Å². The minimum absolute atomic E-state index is 0.0566. The molecule has 0 saturated carbocycles. The third kappa shape index (κ3) is 2.92. The minimum atomic E-state index is -0.120. The molecule has 19 heavy (non-hydrogen) atoms. The number of benzene rings is 1. The van der Waals surface area contributed by atoms with Gasteiger partial charge in [0.25, 0.3) is 0 Å². The fourth-order valence-electron chi connectivity index (χ4n) is 2.57. The summed E-state index contributed by atoms with van der Waals surface area (Å²) in [5.74, 6) is 0.775. The van der Waals surface area contributed by atoms with E-state index in [1.807, 2.05) is 12.1 Å². The summed E-state index contributed by atoms with van der Waals surface area (Å²) in [6.45, 7) is 0.866. The Morgan fingerprint density at radius 2 is 2.21 bits per heavy atom. The Morgan fingerprint density at radius 3 is 2.89 bits per heavy atom. The maximum Gasteiger partial charge on any atom is 0.242 e. The van der Waals surface area contributed by atoms with Gasteiger partial charge in [-0.1, -0.05) is 0 Å². The number of nitrogens with two attached hydrogens (primary N) is 1. The van der Waals surface area contributed by atoms with Gasteiger partial charge in [-0.3, -0.25) is 4.79 Å². The first kappa shape index (κ1) is 13.5. The van der Waals surface area contributed by atoms with Gasteiger partial charge in [-0.25, -0.2) is 0 Å². The molecule has 3 N–H and O–H groups in total. The van der Waals surface area contributed by atoms with Crippen molar-refractivity contribution in [3.05, 3.63) is 18.2 Å². The fraction of sp³-hybridized carbons (Fsp3) is 0.500. The van der Waals surface area contributed by atoms with Crippen molar-refractivity contribution in [1.29, 1.82) is 0 Å². The van der Waals surface area contributed by atoms with Crippen LogP contribution in [0.3, 0.4) is 0 Å². The van der Waals surface area contributed by atoms with E-state index in [9.17, 15) is 4.79 Å². The first-order chi connectivity index (χ1) is 9.15. The second-order valence-corrected chi connectivity index (χ2v) is 4.78. The molecule has 1 fully saturated rings. The van der Waals surface area contributed by atoms with Crippen molar-refractivity contribution in [2.75, 3.05) is 31.3 Å². The Labute approximate surface area is 113 Å². The summed E-state index contributed by atoms with van der Waals surface area (Å²) in [6, 6.07) is 5.48. The summed E-state index contributed by atoms with van der Waals surface area (Å²) in [4.78, 5) is 14.1. The van der Waals surface area contributed by atoms with Crippen LogP contribution in [0.1, 0.15) is 19.3 Å². The van der Waals surface area contributed by atoms with Crippen LogP contribution in [0.5, 0.6) is 5.75 Å². The number of ether oxygens (including phenoxy) is 1. The first-order valence-corrected chi connectivity index (χ1v) is 6.58. The van der Waals surface area contributed by atoms with E-state index in [1.165, 1.54) is 0 Å². The fourth-order valence-corrected chi connectivity index (χ4v) is 2.57. The van der Waals surface area contributed by atoms with Crippen LogP contribution in [0.4, 0.5) is 11.4 Å². The van der Waals surface area contributed by atoms with Gasteiger partial charge < -0.3 is 20.7 Å². The van der Waals surface area contributed by atoms with Crippen LogP contribution >= 0.6 is 0 Å². The molecule has 1 heterocycles. The lowest BCUT2D eigenvalue weighted by Crippen LogP contribution is -2.48. The lowest BCUT2D eigenvalue weighted by atomic mass is 10.0. The molecule has 1 unspecified atom stereocenters. The standard InChI is InChI=1S/C14H21N3O2/c1-16-14(18)13-5-3-4-6-17(13)11-7-10(15)8-12(9-11)19-2/h7-9,13H,3-6,15H2,1-2H3,(H,16,18). The highest BCUT2D eigenvalue weighted by molar-refractivity contribution is 5.85. The molecule has 1 saturated heterocycles. The molecule has 0 aliphatic carbocycles. The van der Waals surface area contributed by atoms with Gasteiger partial charge in [0.05, 0.1) is 7.11 Å². The number of nitrogens with one attached hydrogen (secondary N) is 1. The van der Waals surface area contributed by atoms with Crippen molar-refractivity contribution in [2.45, 2.75) is 25.3 Å². The third-order valence-corrected chi connectivity index (χ3v) is 3.53. The number of hydrogen-bond acceptors (Lipinski definition) is 4. The summed E-state index contributed by atoms with van der Waals surface area (Å²) in [5.41, 5.74) is 7.49. The highest BCUT2D eigenvalue weighted by Gasteiger charge is 2.28. The summed E-state index contributed by atoms with van der Waals surface area (Å²) in [6.07, 6.45) is 3.04. The van der Waals surface area contributed by atoms with Crippen molar-refractivity contribution in [3.8, 4) is 5.75 Å². The molecule has 1 aliphatic rings. The zero-order valence-corrected chi connectivity index (χ0v) is 11.5. The van der Waals surface area contributed by atoms with E-state index in [0.29, 0.717) is 5.69 Å². The molecule has 1 aliphatic heterocycles. The highest BCUT2D eigenvalue weighted by Crippen LogP contribution is 2.30. The van der Waals surface area contributed by atoms with Crippen LogP contribution in [0.25, 0.3) is 0 Å². The number of nitrogens with zero attached hydrogens (tertiary/aromatic N) is 1. The van der Waals surface area contributed by atoms with Crippen molar-refractivity contribution < 1.29 is 9.53 Å². The Bertz CT molecular complexity index is 462. The molecular weight excluding hydrogens is 242 g/mol. The Balaban J connectivity index is 2.31. The molecule has 104 valence electrons. The number of piperidine rings is 1. The van der Waals surface area contributed by atoms with Crippen molar-refractivity contribution in [2.24, 2.45) is 0 Å². The monoisotopic (exact) mass is 263 g/mol. The van der Waals surface area contributed by atoms with Gasteiger partial charge in [0.1, 0.15) is 11.8 Å². The average molecular weight is 263 g/mol. The molecule has 1 amide bonds. The predicted molar refractivity (Wildman–Crippen MR) is 76.5 cm³/mol. The lowest BCUT2D eigenvalue weighted by Gasteiger charge is -2.36. The maximum atomic E-state index is 12.0. The normalized spacial score (nSPS) is 19.1. The van der Waals surface area contributed by atoms with Gasteiger partial charge in [0.15, 0.2) is 0 Å². The molecule has 0 radical (unpaired) electrons. The molecule has 1 aromatic rings. The summed E-state index contributed by atoms with van der Waals surface area (Å²) < 4.78 is 5.24. The van der Waals surface area contributed by atoms with E-state index in [4.69, 9.17) is 10.5 Å². The number of methoxy groups -OCH3 is 1. The number of amides is 1. The van der Waals surface area contributed by atoms with Gasteiger partial charge in [0.2, 0.25) is 5.91 Å². The zero-order valence-electron chi connectivity index (χ0n) is 11.5. The molecule has 0 bridgehead atoms. The predicted octanol–water partition coefficient (Wildman–Crippen LogP) is 1.38. The lowest BCUT2D eigenvalue weighted by molar-refractivity contribution is -0.122. The van der Waals surface area contributed by atoms with Crippen LogP contribution in [0, 0.1) is 0 Å². The smallest absolute Gasteiger partial charge is 0.242 e. The van der Waals surface area contributed by atoms with Crippen LogP contribution in [0.15, 0.2) is 18.2 Å². The van der Waals surface area contributed by atoms with E-state index < -0.39 is 0 Å². The van der Waals surface area contributed by atoms with Crippen LogP contribution < -0.4 is 20.7 Å². The number of carbonyl (C=O) groups excluding carboxylic acids is 1. The number of hydrogen-bond donors (Lipinski definition) is 2. The van der Waals surface area contributed by atoms with Crippen LogP contribution in [0.2, 0.25) is 0 Å². The van der Waals surface area contributed by atoms with Gasteiger partial charge in [-0.15, -0.1) is 0 Å². The number of anilines is 2. The molecule has 5 heteroatoms. The van der Waals surface area contributed by atoms with Gasteiger partial charge >= 0.3 is 0 Å². The van der Waals surface area contributed by atoms with Gasteiger partial charge in [0, 0.05) is 37.1 Å². The van der Waals surface area contributed by atoms with Crippen molar-refractivity contribution in [1.82, 2.24) is 5.32 Å². The van der Waals surface area contributed by atoms with Crippen LogP contribution in [-0.4, -0.2) is 32.7 Å². The third-order valence-electron chi connectivity index (χ3n) is 3.53. The second-order valence-electron chi connectivity index (χ2n) is 4.78. The number of rotatable bonds is 3. The number of likely N-dealkylation sites (N-methyl/N-ethyl adjacent to an activating group) is 1. The highest BCUT2D eigenvalue weighted by atomic mass is 16.5.